The summed E-state index contributed by atoms with van der Waals surface area (Å²) in [6.07, 6.45) is 7.01. The van der Waals surface area contributed by atoms with Crippen molar-refractivity contribution in [2.24, 2.45) is 0 Å². The van der Waals surface area contributed by atoms with Gasteiger partial charge in [-0.2, -0.15) is 0 Å². The van der Waals surface area contributed by atoms with Crippen LogP contribution in [0.2, 0.25) is 0 Å². The van der Waals surface area contributed by atoms with Crippen molar-refractivity contribution < 1.29 is 4.74 Å². The second-order valence-corrected chi connectivity index (χ2v) is 7.56. The Morgan fingerprint density at radius 2 is 2.09 bits per heavy atom. The van der Waals surface area contributed by atoms with Crippen LogP contribution in [0, 0.1) is 13.8 Å². The van der Waals surface area contributed by atoms with E-state index in [4.69, 9.17) is 4.74 Å². The largest absolute Gasteiger partial charge is 0.372 e. The van der Waals surface area contributed by atoms with Crippen molar-refractivity contribution in [3.8, 4) is 0 Å². The lowest BCUT2D eigenvalue weighted by molar-refractivity contribution is -0.133. The molecule has 1 aromatic heterocycles. The molecule has 120 valence electrons. The van der Waals surface area contributed by atoms with Crippen LogP contribution in [0.4, 0.5) is 0 Å². The summed E-state index contributed by atoms with van der Waals surface area (Å²) in [5, 5.41) is 3.73. The normalized spacial score (nSPS) is 35.2. The molecule has 3 saturated heterocycles. The van der Waals surface area contributed by atoms with Crippen molar-refractivity contribution in [2.75, 3.05) is 19.7 Å². The molecule has 3 aliphatic rings. The van der Waals surface area contributed by atoms with Gasteiger partial charge in [-0.1, -0.05) is 6.07 Å². The van der Waals surface area contributed by atoms with E-state index in [0.29, 0.717) is 12.1 Å². The van der Waals surface area contributed by atoms with Gasteiger partial charge in [-0.05, 0) is 50.7 Å². The number of aryl methyl sites for hydroxylation is 2. The van der Waals surface area contributed by atoms with Crippen LogP contribution in [-0.2, 0) is 11.3 Å². The number of nitrogens with one attached hydrogen (secondary N) is 1. The zero-order chi connectivity index (χ0) is 15.2. The highest BCUT2D eigenvalue weighted by Gasteiger charge is 2.46. The molecule has 3 fully saturated rings. The standard InChI is InChI=1S/C18H27N3O/c1-13-7-14(2)17(19-10-13)11-21-5-6-22-18(12-21)8-15-3-4-16(9-18)20-15/h7,10,15-16,20H,3-6,8-9,11-12H2,1-2H3/t15-,16+,18?. The highest BCUT2D eigenvalue weighted by Crippen LogP contribution is 2.38. The number of hydrogen-bond acceptors (Lipinski definition) is 4. The number of fused-ring (bicyclic) bond motifs is 2. The third-order valence-corrected chi connectivity index (χ3v) is 5.60. The van der Waals surface area contributed by atoms with Crippen molar-refractivity contribution in [1.29, 1.82) is 0 Å². The smallest absolute Gasteiger partial charge is 0.0839 e. The Labute approximate surface area is 133 Å². The van der Waals surface area contributed by atoms with Crippen molar-refractivity contribution in [2.45, 2.75) is 63.8 Å². The molecule has 1 N–H and O–H groups in total. The van der Waals surface area contributed by atoms with Crippen molar-refractivity contribution in [3.63, 3.8) is 0 Å². The van der Waals surface area contributed by atoms with Gasteiger partial charge in [0.15, 0.2) is 0 Å². The van der Waals surface area contributed by atoms with Crippen molar-refractivity contribution in [3.05, 3.63) is 29.1 Å². The first kappa shape index (κ1) is 14.6. The summed E-state index contributed by atoms with van der Waals surface area (Å²) in [4.78, 5) is 7.21. The summed E-state index contributed by atoms with van der Waals surface area (Å²) in [5.74, 6) is 0. The number of aromatic nitrogens is 1. The lowest BCUT2D eigenvalue weighted by Crippen LogP contribution is -2.58. The first-order valence-corrected chi connectivity index (χ1v) is 8.66. The molecule has 22 heavy (non-hydrogen) atoms. The van der Waals surface area contributed by atoms with E-state index in [1.54, 1.807) is 0 Å². The third kappa shape index (κ3) is 2.80. The van der Waals surface area contributed by atoms with E-state index in [1.807, 2.05) is 6.20 Å². The SMILES string of the molecule is Cc1cnc(CN2CCOC3(C[C@H]4CC[C@@H](C3)N4)C2)c(C)c1. The second-order valence-electron chi connectivity index (χ2n) is 7.56. The first-order valence-electron chi connectivity index (χ1n) is 8.66. The molecule has 3 aliphatic heterocycles. The van der Waals surface area contributed by atoms with Gasteiger partial charge in [0.2, 0.25) is 0 Å². The van der Waals surface area contributed by atoms with Crippen LogP contribution >= 0.6 is 0 Å². The van der Waals surface area contributed by atoms with Gasteiger partial charge in [0, 0.05) is 37.9 Å². The minimum Gasteiger partial charge on any atom is -0.372 e. The maximum atomic E-state index is 6.30. The van der Waals surface area contributed by atoms with Gasteiger partial charge in [0.1, 0.15) is 0 Å². The molecule has 0 saturated carbocycles. The number of nitrogens with zero attached hydrogens (tertiary/aromatic N) is 2. The predicted octanol–water partition coefficient (Wildman–Crippen LogP) is 2.18. The summed E-state index contributed by atoms with van der Waals surface area (Å²) in [6.45, 7) is 8.20. The Hall–Kier alpha value is -0.970. The number of ether oxygens (including phenoxy) is 1. The topological polar surface area (TPSA) is 37.4 Å². The van der Waals surface area contributed by atoms with Gasteiger partial charge in [-0.15, -0.1) is 0 Å². The average Bonchev–Trinajstić information content (AvgIpc) is 2.82. The maximum absolute atomic E-state index is 6.30. The lowest BCUT2D eigenvalue weighted by atomic mass is 9.85. The Kier molecular flexibility index (Phi) is 3.71. The lowest BCUT2D eigenvalue weighted by Gasteiger charge is -2.47. The van der Waals surface area contributed by atoms with E-state index in [0.717, 1.165) is 26.2 Å². The quantitative estimate of drug-likeness (QED) is 0.908. The molecule has 0 aromatic carbocycles. The molecule has 4 nitrogen and oxygen atoms in total. The molecule has 4 heteroatoms. The fourth-order valence-electron chi connectivity index (χ4n) is 4.63. The first-order chi connectivity index (χ1) is 10.6. The van der Waals surface area contributed by atoms with E-state index in [1.165, 1.54) is 42.5 Å². The Balaban J connectivity index is 1.47. The van der Waals surface area contributed by atoms with Gasteiger partial charge in [0.25, 0.3) is 0 Å². The summed E-state index contributed by atoms with van der Waals surface area (Å²) in [7, 11) is 0. The number of hydrogen-bond donors (Lipinski definition) is 1. The molecule has 0 amide bonds. The van der Waals surface area contributed by atoms with E-state index in [9.17, 15) is 0 Å². The Morgan fingerprint density at radius 3 is 2.82 bits per heavy atom. The molecular weight excluding hydrogens is 274 g/mol. The number of piperidine rings is 1. The molecule has 3 atom stereocenters. The van der Waals surface area contributed by atoms with Gasteiger partial charge in [-0.3, -0.25) is 9.88 Å². The van der Waals surface area contributed by atoms with Crippen LogP contribution in [0.5, 0.6) is 0 Å². The van der Waals surface area contributed by atoms with Gasteiger partial charge in [0.05, 0.1) is 17.9 Å². The van der Waals surface area contributed by atoms with Gasteiger partial charge in [-0.25, -0.2) is 0 Å². The zero-order valence-corrected chi connectivity index (χ0v) is 13.8. The van der Waals surface area contributed by atoms with Crippen molar-refractivity contribution in [1.82, 2.24) is 15.2 Å². The van der Waals surface area contributed by atoms with Crippen LogP contribution in [0.25, 0.3) is 0 Å². The third-order valence-electron chi connectivity index (χ3n) is 5.60. The minimum absolute atomic E-state index is 0.0912. The van der Waals surface area contributed by atoms with E-state index in [-0.39, 0.29) is 5.60 Å². The van der Waals surface area contributed by atoms with Crippen LogP contribution in [0.1, 0.15) is 42.5 Å². The molecule has 2 bridgehead atoms. The van der Waals surface area contributed by atoms with Gasteiger partial charge >= 0.3 is 0 Å². The monoisotopic (exact) mass is 301 g/mol. The van der Waals surface area contributed by atoms with Crippen LogP contribution in [0.15, 0.2) is 12.3 Å². The van der Waals surface area contributed by atoms with E-state index < -0.39 is 0 Å². The highest BCUT2D eigenvalue weighted by atomic mass is 16.5. The fourth-order valence-corrected chi connectivity index (χ4v) is 4.63. The van der Waals surface area contributed by atoms with Crippen LogP contribution < -0.4 is 5.32 Å². The van der Waals surface area contributed by atoms with Crippen LogP contribution in [0.3, 0.4) is 0 Å². The molecule has 1 aromatic rings. The summed E-state index contributed by atoms with van der Waals surface area (Å²) < 4.78 is 6.30. The van der Waals surface area contributed by atoms with E-state index >= 15 is 0 Å². The zero-order valence-electron chi connectivity index (χ0n) is 13.8. The molecule has 1 unspecified atom stereocenters. The molecule has 4 heterocycles. The summed E-state index contributed by atoms with van der Waals surface area (Å²) in [6, 6.07) is 3.60. The molecule has 0 radical (unpaired) electrons. The Morgan fingerprint density at radius 1 is 1.32 bits per heavy atom. The summed E-state index contributed by atoms with van der Waals surface area (Å²) >= 11 is 0. The minimum atomic E-state index is 0.0912. The van der Waals surface area contributed by atoms with Gasteiger partial charge < -0.3 is 10.1 Å². The molecule has 4 rings (SSSR count). The average molecular weight is 301 g/mol. The van der Waals surface area contributed by atoms with Crippen molar-refractivity contribution >= 4 is 0 Å². The van der Waals surface area contributed by atoms with E-state index in [2.05, 4.69) is 35.1 Å². The molecule has 1 spiro atoms. The van der Waals surface area contributed by atoms with Crippen LogP contribution in [-0.4, -0.2) is 47.3 Å². The number of pyridine rings is 1. The number of morpholine rings is 1. The Bertz CT molecular complexity index is 547. The highest BCUT2D eigenvalue weighted by molar-refractivity contribution is 5.23. The predicted molar refractivity (Wildman–Crippen MR) is 86.9 cm³/mol. The molecule has 0 aliphatic carbocycles. The summed E-state index contributed by atoms with van der Waals surface area (Å²) in [5.41, 5.74) is 3.87. The second kappa shape index (κ2) is 5.59. The number of rotatable bonds is 2. The fraction of sp³-hybridized carbons (Fsp3) is 0.722. The molecular formula is C18H27N3O. The maximum Gasteiger partial charge on any atom is 0.0839 e.